The summed E-state index contributed by atoms with van der Waals surface area (Å²) in [6.45, 7) is 0.362. The molecule has 0 spiro atoms. The highest BCUT2D eigenvalue weighted by molar-refractivity contribution is 7.13. The first-order valence-corrected chi connectivity index (χ1v) is 7.81. The monoisotopic (exact) mass is 326 g/mol. The molecule has 4 rings (SSSR count). The fraction of sp³-hybridized carbons (Fsp3) is 0.0625. The maximum Gasteiger partial charge on any atom is 0.327 e. The number of fused-ring (bicyclic) bond motifs is 1. The molecule has 0 bridgehead atoms. The molecule has 5 nitrogen and oxygen atoms in total. The Kier molecular flexibility index (Phi) is 3.27. The van der Waals surface area contributed by atoms with Gasteiger partial charge in [-0.1, -0.05) is 6.07 Å². The second-order valence-electron chi connectivity index (χ2n) is 5.06. The maximum absolute atomic E-state index is 13.3. The molecule has 0 fully saturated rings. The van der Waals surface area contributed by atoms with Crippen LogP contribution in [0.25, 0.3) is 10.6 Å². The van der Waals surface area contributed by atoms with Crippen molar-refractivity contribution in [2.45, 2.75) is 6.54 Å². The number of carbonyl (C=O) groups is 1. The van der Waals surface area contributed by atoms with Crippen molar-refractivity contribution in [3.05, 3.63) is 59.5 Å². The first-order chi connectivity index (χ1) is 11.2. The van der Waals surface area contributed by atoms with Gasteiger partial charge >= 0.3 is 6.03 Å². The SMILES string of the molecule is O=C1Nc2cc(F)ccc2CN1c1csc(-c2ccncc2)n1. The van der Waals surface area contributed by atoms with Gasteiger partial charge in [-0.2, -0.15) is 0 Å². The van der Waals surface area contributed by atoms with E-state index in [1.54, 1.807) is 23.4 Å². The van der Waals surface area contributed by atoms with E-state index in [0.717, 1.165) is 16.1 Å². The molecule has 23 heavy (non-hydrogen) atoms. The second-order valence-corrected chi connectivity index (χ2v) is 5.92. The van der Waals surface area contributed by atoms with E-state index in [9.17, 15) is 9.18 Å². The summed E-state index contributed by atoms with van der Waals surface area (Å²) in [5.41, 5.74) is 2.32. The summed E-state index contributed by atoms with van der Waals surface area (Å²) in [5, 5.41) is 5.36. The van der Waals surface area contributed by atoms with E-state index in [-0.39, 0.29) is 11.8 Å². The highest BCUT2D eigenvalue weighted by Crippen LogP contribution is 2.31. The molecule has 0 radical (unpaired) electrons. The van der Waals surface area contributed by atoms with Gasteiger partial charge in [0.1, 0.15) is 16.6 Å². The van der Waals surface area contributed by atoms with Crippen molar-refractivity contribution in [1.29, 1.82) is 0 Å². The Morgan fingerprint density at radius 1 is 1.22 bits per heavy atom. The molecular formula is C16H11FN4OS. The van der Waals surface area contributed by atoms with Crippen LogP contribution in [0.15, 0.2) is 48.1 Å². The van der Waals surface area contributed by atoms with Crippen LogP contribution in [-0.2, 0) is 6.54 Å². The maximum atomic E-state index is 13.3. The molecule has 0 atom stereocenters. The minimum absolute atomic E-state index is 0.310. The molecule has 0 aliphatic carbocycles. The van der Waals surface area contributed by atoms with Crippen molar-refractivity contribution in [2.24, 2.45) is 0 Å². The van der Waals surface area contributed by atoms with Gasteiger partial charge in [-0.3, -0.25) is 9.88 Å². The van der Waals surface area contributed by atoms with Gasteiger partial charge in [0, 0.05) is 23.3 Å². The summed E-state index contributed by atoms with van der Waals surface area (Å²) in [7, 11) is 0. The molecular weight excluding hydrogens is 315 g/mol. The van der Waals surface area contributed by atoms with E-state index < -0.39 is 0 Å². The number of thiazole rings is 1. The summed E-state index contributed by atoms with van der Waals surface area (Å²) in [6.07, 6.45) is 3.41. The van der Waals surface area contributed by atoms with Crippen molar-refractivity contribution in [2.75, 3.05) is 10.2 Å². The third kappa shape index (κ3) is 2.55. The molecule has 1 N–H and O–H groups in total. The number of nitrogens with zero attached hydrogens (tertiary/aromatic N) is 3. The van der Waals surface area contributed by atoms with Crippen LogP contribution in [0, 0.1) is 5.82 Å². The number of carbonyl (C=O) groups excluding carboxylic acids is 1. The predicted octanol–water partition coefficient (Wildman–Crippen LogP) is 3.90. The highest BCUT2D eigenvalue weighted by Gasteiger charge is 2.26. The average Bonchev–Trinajstić information content (AvgIpc) is 3.05. The molecule has 3 heterocycles. The van der Waals surface area contributed by atoms with Crippen molar-refractivity contribution in [1.82, 2.24) is 9.97 Å². The Bertz CT molecular complexity index is 881. The Balaban J connectivity index is 1.65. The number of nitrogens with one attached hydrogen (secondary N) is 1. The van der Waals surface area contributed by atoms with Crippen LogP contribution in [0.1, 0.15) is 5.56 Å². The van der Waals surface area contributed by atoms with Crippen molar-refractivity contribution in [3.63, 3.8) is 0 Å². The molecule has 1 aliphatic rings. The molecule has 0 saturated heterocycles. The van der Waals surface area contributed by atoms with E-state index in [1.165, 1.54) is 23.5 Å². The molecule has 114 valence electrons. The van der Waals surface area contributed by atoms with Crippen LogP contribution < -0.4 is 10.2 Å². The second kappa shape index (κ2) is 5.44. The molecule has 1 aliphatic heterocycles. The summed E-state index contributed by atoms with van der Waals surface area (Å²) in [4.78, 5) is 22.3. The quantitative estimate of drug-likeness (QED) is 0.777. The van der Waals surface area contributed by atoms with E-state index in [0.29, 0.717) is 18.1 Å². The van der Waals surface area contributed by atoms with E-state index in [4.69, 9.17) is 0 Å². The minimum Gasteiger partial charge on any atom is -0.307 e. The number of anilines is 2. The largest absolute Gasteiger partial charge is 0.327 e. The number of amides is 2. The number of aromatic nitrogens is 2. The lowest BCUT2D eigenvalue weighted by Crippen LogP contribution is -2.38. The Morgan fingerprint density at radius 3 is 2.87 bits per heavy atom. The van der Waals surface area contributed by atoms with Gasteiger partial charge in [-0.25, -0.2) is 14.2 Å². The Labute approximate surface area is 135 Å². The number of benzene rings is 1. The number of hydrogen-bond donors (Lipinski definition) is 1. The molecule has 2 aromatic heterocycles. The van der Waals surface area contributed by atoms with Gasteiger partial charge in [0.15, 0.2) is 0 Å². The normalized spacial score (nSPS) is 13.6. The zero-order chi connectivity index (χ0) is 15.8. The Morgan fingerprint density at radius 2 is 2.04 bits per heavy atom. The first-order valence-electron chi connectivity index (χ1n) is 6.93. The fourth-order valence-electron chi connectivity index (χ4n) is 2.43. The summed E-state index contributed by atoms with van der Waals surface area (Å²) in [6, 6.07) is 7.82. The number of pyridine rings is 1. The van der Waals surface area contributed by atoms with Crippen LogP contribution in [0.4, 0.5) is 20.7 Å². The fourth-order valence-corrected chi connectivity index (χ4v) is 3.24. The summed E-state index contributed by atoms with van der Waals surface area (Å²) in [5.74, 6) is 0.209. The van der Waals surface area contributed by atoms with Crippen LogP contribution >= 0.6 is 11.3 Å². The van der Waals surface area contributed by atoms with Crippen molar-refractivity contribution >= 4 is 28.9 Å². The number of halogens is 1. The van der Waals surface area contributed by atoms with Crippen LogP contribution in [0.3, 0.4) is 0 Å². The average molecular weight is 326 g/mol. The molecule has 3 aromatic rings. The molecule has 7 heteroatoms. The minimum atomic E-state index is -0.369. The summed E-state index contributed by atoms with van der Waals surface area (Å²) < 4.78 is 13.3. The van der Waals surface area contributed by atoms with Gasteiger partial charge < -0.3 is 5.32 Å². The van der Waals surface area contributed by atoms with Crippen LogP contribution in [-0.4, -0.2) is 16.0 Å². The van der Waals surface area contributed by atoms with Crippen LogP contribution in [0.5, 0.6) is 0 Å². The van der Waals surface area contributed by atoms with Gasteiger partial charge in [0.2, 0.25) is 0 Å². The topological polar surface area (TPSA) is 58.1 Å². The lowest BCUT2D eigenvalue weighted by molar-refractivity contribution is 0.256. The zero-order valence-corrected chi connectivity index (χ0v) is 12.7. The van der Waals surface area contributed by atoms with Crippen molar-refractivity contribution in [3.8, 4) is 10.6 Å². The number of urea groups is 1. The van der Waals surface area contributed by atoms with Gasteiger partial charge in [0.25, 0.3) is 0 Å². The number of rotatable bonds is 2. The molecule has 0 saturated carbocycles. The van der Waals surface area contributed by atoms with E-state index in [2.05, 4.69) is 15.3 Å². The first kappa shape index (κ1) is 13.8. The third-order valence-corrected chi connectivity index (χ3v) is 4.46. The third-order valence-electron chi connectivity index (χ3n) is 3.58. The van der Waals surface area contributed by atoms with Gasteiger partial charge in [-0.05, 0) is 29.8 Å². The molecule has 2 amide bonds. The van der Waals surface area contributed by atoms with E-state index >= 15 is 0 Å². The highest BCUT2D eigenvalue weighted by atomic mass is 32.1. The number of hydrogen-bond acceptors (Lipinski definition) is 4. The van der Waals surface area contributed by atoms with E-state index in [1.807, 2.05) is 17.5 Å². The molecule has 1 aromatic carbocycles. The van der Waals surface area contributed by atoms with Crippen LogP contribution in [0.2, 0.25) is 0 Å². The lowest BCUT2D eigenvalue weighted by Gasteiger charge is -2.27. The smallest absolute Gasteiger partial charge is 0.307 e. The Hall–Kier alpha value is -2.80. The lowest BCUT2D eigenvalue weighted by atomic mass is 10.1. The van der Waals surface area contributed by atoms with Gasteiger partial charge in [-0.15, -0.1) is 11.3 Å². The predicted molar refractivity (Wildman–Crippen MR) is 86.9 cm³/mol. The van der Waals surface area contributed by atoms with Gasteiger partial charge in [0.05, 0.1) is 12.2 Å². The summed E-state index contributed by atoms with van der Waals surface area (Å²) >= 11 is 1.46. The zero-order valence-electron chi connectivity index (χ0n) is 11.9. The standard InChI is InChI=1S/C16H11FN4OS/c17-12-2-1-11-8-21(16(22)19-13(11)7-12)14-9-23-15(20-14)10-3-5-18-6-4-10/h1-7,9H,8H2,(H,19,22). The molecule has 0 unspecified atom stereocenters. The van der Waals surface area contributed by atoms with Crippen molar-refractivity contribution < 1.29 is 9.18 Å².